The van der Waals surface area contributed by atoms with Crippen molar-refractivity contribution in [2.45, 2.75) is 25.9 Å². The summed E-state index contributed by atoms with van der Waals surface area (Å²) in [6.45, 7) is 4.77. The molecule has 0 radical (unpaired) electrons. The third-order valence-corrected chi connectivity index (χ3v) is 5.67. The van der Waals surface area contributed by atoms with Crippen molar-refractivity contribution in [2.24, 2.45) is 0 Å². The Labute approximate surface area is 178 Å². The van der Waals surface area contributed by atoms with Gasteiger partial charge < -0.3 is 10.1 Å². The van der Waals surface area contributed by atoms with Gasteiger partial charge in [0.1, 0.15) is 5.75 Å². The highest BCUT2D eigenvalue weighted by Gasteiger charge is 2.28. The number of carbonyl (C=O) groups is 1. The van der Waals surface area contributed by atoms with Crippen LogP contribution in [0.2, 0.25) is 0 Å². The molecule has 0 bridgehead atoms. The van der Waals surface area contributed by atoms with Crippen molar-refractivity contribution in [2.75, 3.05) is 19.7 Å². The molecule has 1 aliphatic rings. The molecule has 1 aliphatic heterocycles. The Morgan fingerprint density at radius 1 is 1.03 bits per heavy atom. The van der Waals surface area contributed by atoms with Crippen molar-refractivity contribution >= 4 is 5.91 Å². The molecule has 0 saturated carbocycles. The van der Waals surface area contributed by atoms with Crippen LogP contribution in [0.4, 0.5) is 0 Å². The number of benzene rings is 3. The van der Waals surface area contributed by atoms with Gasteiger partial charge in [0, 0.05) is 13.1 Å². The monoisotopic (exact) mass is 400 g/mol. The smallest absolute Gasteiger partial charge is 0.258 e. The van der Waals surface area contributed by atoms with Crippen LogP contribution in [0.1, 0.15) is 35.2 Å². The number of hydrogen-bond donors (Lipinski definition) is 1. The van der Waals surface area contributed by atoms with E-state index < -0.39 is 0 Å². The first-order valence-corrected chi connectivity index (χ1v) is 10.6. The molecule has 0 aliphatic carbocycles. The van der Waals surface area contributed by atoms with Crippen LogP contribution >= 0.6 is 0 Å². The maximum absolute atomic E-state index is 12.2. The summed E-state index contributed by atoms with van der Waals surface area (Å²) in [6.07, 6.45) is 1.03. The predicted octanol–water partition coefficient (Wildman–Crippen LogP) is 4.35. The number of nitrogens with one attached hydrogen (secondary N) is 1. The molecule has 0 saturated heterocycles. The third-order valence-electron chi connectivity index (χ3n) is 5.67. The third kappa shape index (κ3) is 4.71. The van der Waals surface area contributed by atoms with Crippen molar-refractivity contribution in [1.29, 1.82) is 0 Å². The van der Waals surface area contributed by atoms with Crippen molar-refractivity contribution in [1.82, 2.24) is 10.2 Å². The molecule has 3 aromatic rings. The van der Waals surface area contributed by atoms with Crippen LogP contribution in [0.3, 0.4) is 0 Å². The lowest BCUT2D eigenvalue weighted by Gasteiger charge is -2.37. The van der Waals surface area contributed by atoms with E-state index in [1.807, 2.05) is 36.4 Å². The van der Waals surface area contributed by atoms with Gasteiger partial charge in [0.05, 0.1) is 6.04 Å². The number of ether oxygens (including phenoxy) is 1. The quantitative estimate of drug-likeness (QED) is 0.641. The zero-order valence-electron chi connectivity index (χ0n) is 17.4. The number of fused-ring (bicyclic) bond motifs is 1. The highest BCUT2D eigenvalue weighted by molar-refractivity contribution is 5.77. The van der Waals surface area contributed by atoms with E-state index in [1.54, 1.807) is 0 Å². The van der Waals surface area contributed by atoms with Crippen LogP contribution in [0.25, 0.3) is 0 Å². The molecular weight excluding hydrogens is 372 g/mol. The lowest BCUT2D eigenvalue weighted by molar-refractivity contribution is -0.123. The number of amides is 1. The molecule has 154 valence electrons. The van der Waals surface area contributed by atoms with Crippen LogP contribution in [0.5, 0.6) is 5.75 Å². The van der Waals surface area contributed by atoms with Gasteiger partial charge in [-0.25, -0.2) is 0 Å². The van der Waals surface area contributed by atoms with Gasteiger partial charge in [0.2, 0.25) is 0 Å². The molecule has 1 amide bonds. The second-order valence-corrected chi connectivity index (χ2v) is 7.60. The summed E-state index contributed by atoms with van der Waals surface area (Å²) in [5.74, 6) is 0.619. The van der Waals surface area contributed by atoms with E-state index in [0.717, 1.165) is 30.8 Å². The fourth-order valence-corrected chi connectivity index (χ4v) is 4.10. The molecule has 30 heavy (non-hydrogen) atoms. The highest BCUT2D eigenvalue weighted by Crippen LogP contribution is 2.36. The Kier molecular flexibility index (Phi) is 6.45. The van der Waals surface area contributed by atoms with E-state index in [4.69, 9.17) is 4.74 Å². The SMILES string of the molecule is CCN1CCc2ccc(OCC(=O)NCc3ccccc3)cc2C1c1ccccc1. The molecule has 4 nitrogen and oxygen atoms in total. The average Bonchev–Trinajstić information content (AvgIpc) is 2.81. The van der Waals surface area contributed by atoms with Gasteiger partial charge in [-0.3, -0.25) is 9.69 Å². The molecule has 1 atom stereocenters. The van der Waals surface area contributed by atoms with E-state index in [9.17, 15) is 4.79 Å². The Morgan fingerprint density at radius 2 is 1.77 bits per heavy atom. The number of likely N-dealkylation sites (N-methyl/N-ethyl adjacent to an activating group) is 1. The van der Waals surface area contributed by atoms with E-state index in [2.05, 4.69) is 59.6 Å². The number of rotatable bonds is 7. The minimum atomic E-state index is -0.119. The van der Waals surface area contributed by atoms with Crippen molar-refractivity contribution < 1.29 is 9.53 Å². The highest BCUT2D eigenvalue weighted by atomic mass is 16.5. The molecule has 4 heteroatoms. The fraction of sp³-hybridized carbons (Fsp3) is 0.269. The molecule has 1 N–H and O–H groups in total. The summed E-state index contributed by atoms with van der Waals surface area (Å²) in [4.78, 5) is 14.7. The second kappa shape index (κ2) is 9.59. The van der Waals surface area contributed by atoms with Crippen LogP contribution in [0.15, 0.2) is 78.9 Å². The normalized spacial score (nSPS) is 16.0. The first-order valence-electron chi connectivity index (χ1n) is 10.6. The van der Waals surface area contributed by atoms with Gasteiger partial charge in [-0.2, -0.15) is 0 Å². The molecule has 1 unspecified atom stereocenters. The van der Waals surface area contributed by atoms with Crippen molar-refractivity contribution in [3.8, 4) is 5.75 Å². The molecule has 0 aromatic heterocycles. The summed E-state index contributed by atoms with van der Waals surface area (Å²) in [7, 11) is 0. The van der Waals surface area contributed by atoms with E-state index in [1.165, 1.54) is 16.7 Å². The first kappa shape index (κ1) is 20.2. The van der Waals surface area contributed by atoms with Crippen molar-refractivity contribution in [3.05, 3.63) is 101 Å². The largest absolute Gasteiger partial charge is 0.484 e. The predicted molar refractivity (Wildman–Crippen MR) is 119 cm³/mol. The first-order chi connectivity index (χ1) is 14.7. The topological polar surface area (TPSA) is 41.6 Å². The minimum absolute atomic E-state index is 0.0130. The van der Waals surface area contributed by atoms with Crippen LogP contribution < -0.4 is 10.1 Å². The van der Waals surface area contributed by atoms with Gasteiger partial charge in [0.15, 0.2) is 6.61 Å². The Hall–Kier alpha value is -3.11. The van der Waals surface area contributed by atoms with Gasteiger partial charge >= 0.3 is 0 Å². The Balaban J connectivity index is 1.45. The van der Waals surface area contributed by atoms with Crippen LogP contribution in [-0.2, 0) is 17.8 Å². The number of hydrogen-bond acceptors (Lipinski definition) is 3. The maximum Gasteiger partial charge on any atom is 0.258 e. The molecular formula is C26H28N2O2. The standard InChI is InChI=1S/C26H28N2O2/c1-2-28-16-15-21-13-14-23(17-24(21)26(28)22-11-7-4-8-12-22)30-19-25(29)27-18-20-9-5-3-6-10-20/h3-14,17,26H,2,15-16,18-19H2,1H3,(H,27,29). The molecule has 0 fully saturated rings. The molecule has 4 rings (SSSR count). The molecule has 0 spiro atoms. The van der Waals surface area contributed by atoms with Gasteiger partial charge in [0.25, 0.3) is 5.91 Å². The lowest BCUT2D eigenvalue weighted by Crippen LogP contribution is -2.36. The summed E-state index contributed by atoms with van der Waals surface area (Å²) in [5.41, 5.74) is 4.99. The fourth-order valence-electron chi connectivity index (χ4n) is 4.10. The van der Waals surface area contributed by atoms with E-state index >= 15 is 0 Å². The number of nitrogens with zero attached hydrogens (tertiary/aromatic N) is 1. The maximum atomic E-state index is 12.2. The second-order valence-electron chi connectivity index (χ2n) is 7.60. The van der Waals surface area contributed by atoms with Crippen LogP contribution in [0, 0.1) is 0 Å². The Morgan fingerprint density at radius 3 is 2.50 bits per heavy atom. The van der Waals surface area contributed by atoms with Crippen LogP contribution in [-0.4, -0.2) is 30.5 Å². The summed E-state index contributed by atoms with van der Waals surface area (Å²) >= 11 is 0. The minimum Gasteiger partial charge on any atom is -0.484 e. The summed E-state index contributed by atoms with van der Waals surface area (Å²) in [6, 6.07) is 27.0. The van der Waals surface area contributed by atoms with Gasteiger partial charge in [-0.1, -0.05) is 73.7 Å². The van der Waals surface area contributed by atoms with Gasteiger partial charge in [-0.05, 0) is 47.4 Å². The van der Waals surface area contributed by atoms with E-state index in [0.29, 0.717) is 6.54 Å². The lowest BCUT2D eigenvalue weighted by atomic mass is 9.88. The van der Waals surface area contributed by atoms with Crippen molar-refractivity contribution in [3.63, 3.8) is 0 Å². The zero-order chi connectivity index (χ0) is 20.8. The van der Waals surface area contributed by atoms with E-state index in [-0.39, 0.29) is 18.6 Å². The van der Waals surface area contributed by atoms with Gasteiger partial charge in [-0.15, -0.1) is 0 Å². The summed E-state index contributed by atoms with van der Waals surface area (Å²) < 4.78 is 5.84. The molecule has 1 heterocycles. The number of carbonyl (C=O) groups excluding carboxylic acids is 1. The Bertz CT molecular complexity index is 973. The zero-order valence-corrected chi connectivity index (χ0v) is 17.4. The molecule has 3 aromatic carbocycles. The average molecular weight is 401 g/mol. The summed E-state index contributed by atoms with van der Waals surface area (Å²) in [5, 5.41) is 2.91.